The largest absolute Gasteiger partial charge is 0.318 e. The summed E-state index contributed by atoms with van der Waals surface area (Å²) in [6.45, 7) is 14.5. The van der Waals surface area contributed by atoms with Gasteiger partial charge in [0.25, 0.3) is 6.73 Å². The fraction of sp³-hybridized carbons (Fsp3) is 0.500. The average molecular weight is 314 g/mol. The van der Waals surface area contributed by atoms with Crippen molar-refractivity contribution in [2.75, 3.05) is 0 Å². The molecule has 0 fully saturated rings. The van der Waals surface area contributed by atoms with E-state index in [0.717, 1.165) is 0 Å². The molecular formula is C20H30N2O+2. The third-order valence-electron chi connectivity index (χ3n) is 3.94. The van der Waals surface area contributed by atoms with Crippen LogP contribution in [0.15, 0.2) is 49.1 Å². The van der Waals surface area contributed by atoms with Crippen LogP contribution < -0.4 is 9.13 Å². The molecule has 0 aromatic carbocycles. The summed E-state index contributed by atoms with van der Waals surface area (Å²) in [5.41, 5.74) is 2.83. The van der Waals surface area contributed by atoms with Crippen LogP contribution >= 0.6 is 0 Å². The molecule has 0 radical (unpaired) electrons. The highest BCUT2D eigenvalue weighted by molar-refractivity contribution is 5.17. The van der Waals surface area contributed by atoms with Gasteiger partial charge in [-0.25, -0.2) is 4.57 Å². The number of ether oxygens (including phenoxy) is 1. The summed E-state index contributed by atoms with van der Waals surface area (Å²) < 4.78 is 10.1. The lowest BCUT2D eigenvalue weighted by atomic mass is 9.88. The quantitative estimate of drug-likeness (QED) is 0.790. The predicted molar refractivity (Wildman–Crippen MR) is 91.8 cm³/mol. The van der Waals surface area contributed by atoms with E-state index in [9.17, 15) is 0 Å². The molecule has 0 N–H and O–H groups in total. The van der Waals surface area contributed by atoms with Gasteiger partial charge in [-0.15, -0.1) is 0 Å². The third kappa shape index (κ3) is 5.14. The lowest BCUT2D eigenvalue weighted by molar-refractivity contribution is -0.754. The zero-order valence-electron chi connectivity index (χ0n) is 15.3. The molecule has 0 bridgehead atoms. The van der Waals surface area contributed by atoms with E-state index < -0.39 is 0 Å². The molecular weight excluding hydrogens is 284 g/mol. The van der Waals surface area contributed by atoms with Crippen LogP contribution in [0.4, 0.5) is 0 Å². The second kappa shape index (κ2) is 6.79. The van der Waals surface area contributed by atoms with Crippen molar-refractivity contribution in [3.8, 4) is 0 Å². The van der Waals surface area contributed by atoms with Crippen molar-refractivity contribution in [3.05, 3.63) is 60.2 Å². The van der Waals surface area contributed by atoms with Crippen LogP contribution in [-0.4, -0.2) is 0 Å². The van der Waals surface area contributed by atoms with Gasteiger partial charge < -0.3 is 4.74 Å². The van der Waals surface area contributed by atoms with Gasteiger partial charge in [-0.3, -0.25) is 0 Å². The Bertz CT molecular complexity index is 559. The highest BCUT2D eigenvalue weighted by Gasteiger charge is 2.20. The first-order valence-electron chi connectivity index (χ1n) is 8.24. The predicted octanol–water partition coefficient (Wildman–Crippen LogP) is 3.49. The van der Waals surface area contributed by atoms with Crippen molar-refractivity contribution in [1.82, 2.24) is 0 Å². The minimum absolute atomic E-state index is 0.115. The summed E-state index contributed by atoms with van der Waals surface area (Å²) >= 11 is 0. The van der Waals surface area contributed by atoms with Crippen LogP contribution in [0.5, 0.6) is 0 Å². The zero-order valence-corrected chi connectivity index (χ0v) is 15.3. The number of aromatic nitrogens is 2. The summed E-state index contributed by atoms with van der Waals surface area (Å²) in [5, 5.41) is 0. The molecule has 2 aromatic rings. The number of hydrogen-bond acceptors (Lipinski definition) is 1. The van der Waals surface area contributed by atoms with Crippen molar-refractivity contribution >= 4 is 0 Å². The Hall–Kier alpha value is -1.74. The number of pyridine rings is 2. The van der Waals surface area contributed by atoms with Gasteiger partial charge in [-0.05, 0) is 16.5 Å². The highest BCUT2D eigenvalue weighted by Crippen LogP contribution is 2.20. The second-order valence-electron chi connectivity index (χ2n) is 8.11. The molecule has 0 saturated heterocycles. The molecule has 3 heteroatoms. The molecule has 2 aromatic heterocycles. The minimum Gasteiger partial charge on any atom is -0.318 e. The average Bonchev–Trinajstić information content (AvgIpc) is 2.46. The Morgan fingerprint density at radius 1 is 0.826 bits per heavy atom. The summed E-state index contributed by atoms with van der Waals surface area (Å²) in [7, 11) is 0. The standard InChI is InChI=1S/C20H30N2O/c1-19(2,3)18-9-11-21(12-10-18)16-23-15-17-7-13-22(14-8-17)20(4,5)6/h7-14H,15-16H2,1-6H3/q+2. The summed E-state index contributed by atoms with van der Waals surface area (Å²) in [6, 6.07) is 8.58. The molecule has 3 nitrogen and oxygen atoms in total. The second-order valence-corrected chi connectivity index (χ2v) is 8.11. The topological polar surface area (TPSA) is 17.0 Å². The maximum atomic E-state index is 5.81. The van der Waals surface area contributed by atoms with Crippen molar-refractivity contribution in [3.63, 3.8) is 0 Å². The number of nitrogens with zero attached hydrogens (tertiary/aromatic N) is 2. The first kappa shape index (κ1) is 17.6. The van der Waals surface area contributed by atoms with Gasteiger partial charge in [0.2, 0.25) is 0 Å². The van der Waals surface area contributed by atoms with Crippen LogP contribution in [-0.2, 0) is 29.0 Å². The van der Waals surface area contributed by atoms with Gasteiger partial charge in [-0.2, -0.15) is 4.57 Å². The van der Waals surface area contributed by atoms with E-state index in [1.54, 1.807) is 0 Å². The molecule has 0 atom stereocenters. The minimum atomic E-state index is 0.115. The normalized spacial score (nSPS) is 12.4. The fourth-order valence-electron chi connectivity index (χ4n) is 2.31. The van der Waals surface area contributed by atoms with E-state index in [-0.39, 0.29) is 11.0 Å². The maximum absolute atomic E-state index is 5.81. The molecule has 124 valence electrons. The van der Waals surface area contributed by atoms with Gasteiger partial charge in [0.1, 0.15) is 0 Å². The Balaban J connectivity index is 1.87. The lowest BCUT2D eigenvalue weighted by Gasteiger charge is -2.17. The maximum Gasteiger partial charge on any atom is 0.252 e. The molecule has 23 heavy (non-hydrogen) atoms. The molecule has 0 aliphatic carbocycles. The van der Waals surface area contributed by atoms with Gasteiger partial charge in [0, 0.05) is 45.0 Å². The lowest BCUT2D eigenvalue weighted by Crippen LogP contribution is -2.49. The molecule has 0 aliphatic rings. The Morgan fingerprint density at radius 3 is 1.87 bits per heavy atom. The summed E-state index contributed by atoms with van der Waals surface area (Å²) in [5.74, 6) is 0. The smallest absolute Gasteiger partial charge is 0.252 e. The van der Waals surface area contributed by atoms with Gasteiger partial charge in [0.05, 0.1) is 6.61 Å². The zero-order chi connectivity index (χ0) is 17.1. The molecule has 0 saturated carbocycles. The van der Waals surface area contributed by atoms with E-state index in [1.165, 1.54) is 11.1 Å². The van der Waals surface area contributed by atoms with Gasteiger partial charge >= 0.3 is 0 Å². The highest BCUT2D eigenvalue weighted by atomic mass is 16.5. The van der Waals surface area contributed by atoms with Gasteiger partial charge in [0.15, 0.2) is 30.3 Å². The van der Waals surface area contributed by atoms with E-state index in [0.29, 0.717) is 13.3 Å². The first-order valence-corrected chi connectivity index (χ1v) is 8.24. The number of hydrogen-bond donors (Lipinski definition) is 0. The van der Waals surface area contributed by atoms with E-state index in [2.05, 4.69) is 99.7 Å². The number of rotatable bonds is 4. The van der Waals surface area contributed by atoms with Crippen LogP contribution in [0.25, 0.3) is 0 Å². The Labute approximate surface area is 140 Å². The first-order chi connectivity index (χ1) is 10.7. The molecule has 0 spiro atoms. The molecule has 2 heterocycles. The van der Waals surface area contributed by atoms with Crippen molar-refractivity contribution in [2.45, 2.75) is 65.8 Å². The summed E-state index contributed by atoms with van der Waals surface area (Å²) in [6.07, 6.45) is 8.40. The van der Waals surface area contributed by atoms with Crippen LogP contribution in [0.3, 0.4) is 0 Å². The Morgan fingerprint density at radius 2 is 1.39 bits per heavy atom. The van der Waals surface area contributed by atoms with Crippen LogP contribution in [0, 0.1) is 0 Å². The van der Waals surface area contributed by atoms with Crippen molar-refractivity contribution < 1.29 is 13.9 Å². The van der Waals surface area contributed by atoms with E-state index in [4.69, 9.17) is 4.74 Å². The van der Waals surface area contributed by atoms with E-state index >= 15 is 0 Å². The van der Waals surface area contributed by atoms with Crippen molar-refractivity contribution in [2.24, 2.45) is 0 Å². The third-order valence-corrected chi connectivity index (χ3v) is 3.94. The molecule has 0 unspecified atom stereocenters. The fourth-order valence-corrected chi connectivity index (χ4v) is 2.31. The van der Waals surface area contributed by atoms with Crippen molar-refractivity contribution in [1.29, 1.82) is 0 Å². The molecule has 2 rings (SSSR count). The monoisotopic (exact) mass is 314 g/mol. The Kier molecular flexibility index (Phi) is 5.20. The van der Waals surface area contributed by atoms with Crippen LogP contribution in [0.2, 0.25) is 0 Å². The van der Waals surface area contributed by atoms with Gasteiger partial charge in [-0.1, -0.05) is 20.8 Å². The van der Waals surface area contributed by atoms with E-state index in [1.807, 2.05) is 0 Å². The SMILES string of the molecule is CC(C)(C)c1cc[n+](COCc2cc[n+](C(C)(C)C)cc2)cc1. The van der Waals surface area contributed by atoms with Crippen LogP contribution in [0.1, 0.15) is 52.7 Å². The molecule has 0 aliphatic heterocycles. The molecule has 0 amide bonds. The summed E-state index contributed by atoms with van der Waals surface area (Å²) in [4.78, 5) is 0.